The SMILES string of the molecule is O=C1CC(S(=O)(=O)F)CN1c1ccc(Cl)c([N+](=O)[O-])c1. The maximum absolute atomic E-state index is 12.9. The number of nitro benzene ring substituents is 1. The molecule has 0 radical (unpaired) electrons. The Balaban J connectivity index is 2.36. The monoisotopic (exact) mass is 322 g/mol. The molecule has 0 N–H and O–H groups in total. The van der Waals surface area contributed by atoms with Crippen molar-refractivity contribution < 1.29 is 22.0 Å². The lowest BCUT2D eigenvalue weighted by atomic mass is 10.2. The molecule has 0 aromatic heterocycles. The van der Waals surface area contributed by atoms with Crippen LogP contribution in [0.4, 0.5) is 15.3 Å². The molecule has 2 rings (SSSR count). The molecule has 0 bridgehead atoms. The van der Waals surface area contributed by atoms with E-state index in [0.717, 1.165) is 11.0 Å². The molecule has 1 saturated heterocycles. The van der Waals surface area contributed by atoms with Gasteiger partial charge in [0.25, 0.3) is 5.69 Å². The third-order valence-corrected chi connectivity index (χ3v) is 4.36. The van der Waals surface area contributed by atoms with Crippen molar-refractivity contribution in [3.05, 3.63) is 33.3 Å². The lowest BCUT2D eigenvalue weighted by molar-refractivity contribution is -0.384. The van der Waals surface area contributed by atoms with Gasteiger partial charge >= 0.3 is 10.2 Å². The van der Waals surface area contributed by atoms with Gasteiger partial charge in [-0.05, 0) is 12.1 Å². The largest absolute Gasteiger partial charge is 0.311 e. The highest BCUT2D eigenvalue weighted by Gasteiger charge is 2.39. The van der Waals surface area contributed by atoms with Gasteiger partial charge in [-0.15, -0.1) is 3.89 Å². The van der Waals surface area contributed by atoms with Crippen molar-refractivity contribution in [2.45, 2.75) is 11.7 Å². The summed E-state index contributed by atoms with van der Waals surface area (Å²) in [6, 6.07) is 3.60. The average molecular weight is 323 g/mol. The quantitative estimate of drug-likeness (QED) is 0.479. The Morgan fingerprint density at radius 3 is 2.60 bits per heavy atom. The van der Waals surface area contributed by atoms with Crippen LogP contribution in [0.5, 0.6) is 0 Å². The summed E-state index contributed by atoms with van der Waals surface area (Å²) in [6.45, 7) is -0.379. The first-order valence-electron chi connectivity index (χ1n) is 5.38. The van der Waals surface area contributed by atoms with Crippen molar-refractivity contribution in [3.8, 4) is 0 Å². The molecule has 1 amide bonds. The van der Waals surface area contributed by atoms with Crippen molar-refractivity contribution in [2.75, 3.05) is 11.4 Å². The van der Waals surface area contributed by atoms with E-state index in [1.807, 2.05) is 0 Å². The van der Waals surface area contributed by atoms with E-state index in [1.165, 1.54) is 12.1 Å². The molecule has 1 aromatic carbocycles. The van der Waals surface area contributed by atoms with Crippen LogP contribution < -0.4 is 4.90 Å². The summed E-state index contributed by atoms with van der Waals surface area (Å²) in [7, 11) is -4.83. The van der Waals surface area contributed by atoms with Gasteiger partial charge in [0, 0.05) is 19.0 Å². The van der Waals surface area contributed by atoms with Crippen LogP contribution in [0.25, 0.3) is 0 Å². The van der Waals surface area contributed by atoms with Crippen molar-refractivity contribution >= 4 is 39.1 Å². The highest BCUT2D eigenvalue weighted by Crippen LogP contribution is 2.32. The molecular formula is C10H8ClFN2O5S. The summed E-state index contributed by atoms with van der Waals surface area (Å²) in [5.41, 5.74) is -0.305. The molecule has 7 nitrogen and oxygen atoms in total. The minimum atomic E-state index is -4.83. The van der Waals surface area contributed by atoms with E-state index >= 15 is 0 Å². The minimum Gasteiger partial charge on any atom is -0.311 e. The lowest BCUT2D eigenvalue weighted by Gasteiger charge is -2.15. The number of amides is 1. The zero-order valence-electron chi connectivity index (χ0n) is 9.82. The fourth-order valence-corrected chi connectivity index (χ4v) is 2.78. The molecule has 0 saturated carbocycles. The van der Waals surface area contributed by atoms with Gasteiger partial charge in [-0.3, -0.25) is 14.9 Å². The van der Waals surface area contributed by atoms with Gasteiger partial charge in [-0.25, -0.2) is 0 Å². The summed E-state index contributed by atoms with van der Waals surface area (Å²) in [4.78, 5) is 22.7. The van der Waals surface area contributed by atoms with Gasteiger partial charge in [0.15, 0.2) is 0 Å². The Kier molecular flexibility index (Phi) is 3.65. The molecule has 1 unspecified atom stereocenters. The summed E-state index contributed by atoms with van der Waals surface area (Å²) < 4.78 is 34.5. The van der Waals surface area contributed by atoms with Crippen LogP contribution in [0.1, 0.15) is 6.42 Å². The number of carbonyl (C=O) groups excluding carboxylic acids is 1. The fourth-order valence-electron chi connectivity index (χ4n) is 1.92. The van der Waals surface area contributed by atoms with Crippen LogP contribution in [-0.4, -0.2) is 31.0 Å². The standard InChI is InChI=1S/C10H8ClFN2O5S/c11-8-2-1-6(3-9(8)14(16)17)13-5-7(4-10(13)15)20(12,18)19/h1-3,7H,4-5H2. The van der Waals surface area contributed by atoms with Gasteiger partial charge in [0.1, 0.15) is 10.3 Å². The molecule has 20 heavy (non-hydrogen) atoms. The first kappa shape index (κ1) is 14.7. The van der Waals surface area contributed by atoms with E-state index in [2.05, 4.69) is 0 Å². The van der Waals surface area contributed by atoms with Gasteiger partial charge in [-0.2, -0.15) is 8.42 Å². The fraction of sp³-hybridized carbons (Fsp3) is 0.300. The number of carbonyl (C=O) groups is 1. The molecule has 1 aliphatic heterocycles. The molecule has 1 heterocycles. The number of halogens is 2. The summed E-state index contributed by atoms with van der Waals surface area (Å²) in [6.07, 6.45) is -0.491. The van der Waals surface area contributed by atoms with Crippen molar-refractivity contribution in [2.24, 2.45) is 0 Å². The van der Waals surface area contributed by atoms with Crippen molar-refractivity contribution in [3.63, 3.8) is 0 Å². The molecule has 1 fully saturated rings. The van der Waals surface area contributed by atoms with Crippen LogP contribution in [-0.2, 0) is 15.0 Å². The zero-order chi connectivity index (χ0) is 15.1. The first-order chi connectivity index (χ1) is 9.20. The molecule has 108 valence electrons. The second kappa shape index (κ2) is 4.98. The summed E-state index contributed by atoms with van der Waals surface area (Å²) in [5, 5.41) is 9.19. The predicted molar refractivity (Wildman–Crippen MR) is 68.9 cm³/mol. The summed E-state index contributed by atoms with van der Waals surface area (Å²) >= 11 is 5.63. The second-order valence-electron chi connectivity index (χ2n) is 4.20. The van der Waals surface area contributed by atoms with E-state index in [1.54, 1.807) is 0 Å². The van der Waals surface area contributed by atoms with E-state index in [-0.39, 0.29) is 17.3 Å². The Labute approximate surface area is 118 Å². The first-order valence-corrected chi connectivity index (χ1v) is 7.20. The Hall–Kier alpha value is -1.74. The molecule has 0 spiro atoms. The Bertz CT molecular complexity index is 693. The van der Waals surface area contributed by atoms with Crippen LogP contribution >= 0.6 is 11.6 Å². The minimum absolute atomic E-state index is 0.109. The van der Waals surface area contributed by atoms with Gasteiger partial charge in [0.05, 0.1) is 10.6 Å². The van der Waals surface area contributed by atoms with Crippen molar-refractivity contribution in [1.29, 1.82) is 0 Å². The second-order valence-corrected chi connectivity index (χ2v) is 6.22. The number of hydrogen-bond acceptors (Lipinski definition) is 5. The number of rotatable bonds is 3. The maximum Gasteiger partial charge on any atom is 0.307 e. The number of nitro groups is 1. The average Bonchev–Trinajstić information content (AvgIpc) is 2.71. The maximum atomic E-state index is 12.9. The van der Waals surface area contributed by atoms with Gasteiger partial charge < -0.3 is 4.90 Å². The number of anilines is 1. The Morgan fingerprint density at radius 1 is 1.45 bits per heavy atom. The van der Waals surface area contributed by atoms with Gasteiger partial charge in [0.2, 0.25) is 5.91 Å². The topological polar surface area (TPSA) is 97.6 Å². The van der Waals surface area contributed by atoms with E-state index < -0.39 is 38.4 Å². The van der Waals surface area contributed by atoms with Crippen LogP contribution in [0, 0.1) is 10.1 Å². The van der Waals surface area contributed by atoms with Crippen LogP contribution in [0.3, 0.4) is 0 Å². The Morgan fingerprint density at radius 2 is 2.10 bits per heavy atom. The molecule has 1 atom stereocenters. The smallest absolute Gasteiger partial charge is 0.307 e. The van der Waals surface area contributed by atoms with Crippen LogP contribution in [0.15, 0.2) is 18.2 Å². The zero-order valence-corrected chi connectivity index (χ0v) is 11.4. The highest BCUT2D eigenvalue weighted by molar-refractivity contribution is 7.87. The third kappa shape index (κ3) is 2.73. The van der Waals surface area contributed by atoms with E-state index in [0.29, 0.717) is 0 Å². The normalized spacial score (nSPS) is 19.4. The van der Waals surface area contributed by atoms with E-state index in [9.17, 15) is 27.2 Å². The number of hydrogen-bond donors (Lipinski definition) is 0. The molecule has 10 heteroatoms. The number of benzene rings is 1. The molecular weight excluding hydrogens is 315 g/mol. The van der Waals surface area contributed by atoms with Crippen molar-refractivity contribution in [1.82, 2.24) is 0 Å². The predicted octanol–water partition coefficient (Wildman–Crippen LogP) is 1.65. The number of nitrogens with zero attached hydrogens (tertiary/aromatic N) is 2. The molecule has 1 aliphatic rings. The molecule has 0 aliphatic carbocycles. The summed E-state index contributed by atoms with van der Waals surface area (Å²) in [5.74, 6) is -0.618. The van der Waals surface area contributed by atoms with Gasteiger partial charge in [-0.1, -0.05) is 11.6 Å². The van der Waals surface area contributed by atoms with Crippen LogP contribution in [0.2, 0.25) is 5.02 Å². The van der Waals surface area contributed by atoms with E-state index in [4.69, 9.17) is 11.6 Å². The third-order valence-electron chi connectivity index (χ3n) is 2.93. The lowest BCUT2D eigenvalue weighted by Crippen LogP contribution is -2.26. The highest BCUT2D eigenvalue weighted by atomic mass is 35.5. The molecule has 1 aromatic rings.